The molecule has 4 fully saturated rings. The van der Waals surface area contributed by atoms with Gasteiger partial charge in [-0.25, -0.2) is 8.42 Å². The number of ether oxygens (including phenoxy) is 1. The van der Waals surface area contributed by atoms with Crippen molar-refractivity contribution in [2.45, 2.75) is 101 Å². The fourth-order valence-electron chi connectivity index (χ4n) is 8.52. The van der Waals surface area contributed by atoms with Crippen molar-refractivity contribution >= 4 is 45.0 Å². The summed E-state index contributed by atoms with van der Waals surface area (Å²) in [6.07, 6.45) is 8.06. The molecule has 4 aliphatic heterocycles. The van der Waals surface area contributed by atoms with Gasteiger partial charge >= 0.3 is 0 Å². The summed E-state index contributed by atoms with van der Waals surface area (Å²) in [5.74, 6) is -1.01. The van der Waals surface area contributed by atoms with E-state index < -0.39 is 15.9 Å². The van der Waals surface area contributed by atoms with Crippen LogP contribution in [0.25, 0.3) is 0 Å². The number of carbonyl (C=O) groups excluding carboxylic acids is 3. The summed E-state index contributed by atoms with van der Waals surface area (Å²) < 4.78 is 33.7. The number of benzene rings is 2. The Morgan fingerprint density at radius 3 is 2.27 bits per heavy atom. The maximum Gasteiger partial charge on any atom is 0.255 e. The molecule has 0 aromatic heterocycles. The number of phenols is 1. The zero-order chi connectivity index (χ0) is 37.2. The summed E-state index contributed by atoms with van der Waals surface area (Å²) in [6, 6.07) is 8.68. The lowest BCUT2D eigenvalue weighted by Gasteiger charge is -2.40. The van der Waals surface area contributed by atoms with Crippen molar-refractivity contribution in [3.63, 3.8) is 0 Å². The highest BCUT2D eigenvalue weighted by molar-refractivity contribution is 7.89. The lowest BCUT2D eigenvalue weighted by atomic mass is 9.94. The van der Waals surface area contributed by atoms with Crippen LogP contribution in [-0.4, -0.2) is 110 Å². The van der Waals surface area contributed by atoms with Crippen LogP contribution in [0, 0.1) is 12.8 Å². The van der Waals surface area contributed by atoms with E-state index in [4.69, 9.17) is 16.3 Å². The third-order valence-electron chi connectivity index (χ3n) is 11.5. The molecule has 4 heterocycles. The smallest absolute Gasteiger partial charge is 0.255 e. The molecule has 0 spiro atoms. The van der Waals surface area contributed by atoms with Crippen LogP contribution >= 0.6 is 11.6 Å². The lowest BCUT2D eigenvalue weighted by Crippen LogP contribution is -2.51. The predicted molar refractivity (Wildman–Crippen MR) is 199 cm³/mol. The maximum atomic E-state index is 13.9. The van der Waals surface area contributed by atoms with Gasteiger partial charge in [0.15, 0.2) is 11.5 Å². The molecule has 2 aromatic rings. The molecule has 3 amide bonds. The van der Waals surface area contributed by atoms with Crippen molar-refractivity contribution in [3.8, 4) is 11.5 Å². The van der Waals surface area contributed by atoms with Gasteiger partial charge in [-0.3, -0.25) is 19.3 Å². The number of nitrogens with zero attached hydrogens (tertiary/aromatic N) is 4. The Morgan fingerprint density at radius 2 is 1.65 bits per heavy atom. The molecule has 4 aliphatic rings. The topological polar surface area (TPSA) is 140 Å². The van der Waals surface area contributed by atoms with Gasteiger partial charge in [0, 0.05) is 87.0 Å². The number of anilines is 1. The number of hydrogen-bond acceptors (Lipinski definition) is 8. The highest BCUT2D eigenvalue weighted by Crippen LogP contribution is 2.38. The largest absolute Gasteiger partial charge is 0.504 e. The molecule has 284 valence electrons. The highest BCUT2D eigenvalue weighted by atomic mass is 35.5. The number of carbonyl (C=O) groups is 3. The molecule has 2 N–H and O–H groups in total. The minimum atomic E-state index is -3.86. The molecule has 0 saturated carbocycles. The first-order valence-corrected chi connectivity index (χ1v) is 20.5. The monoisotopic (exact) mass is 757 g/mol. The minimum absolute atomic E-state index is 0.0392. The Bertz CT molecular complexity index is 1750. The molecule has 2 aromatic carbocycles. The summed E-state index contributed by atoms with van der Waals surface area (Å²) in [4.78, 5) is 45.6. The third-order valence-corrected chi connectivity index (χ3v) is 13.8. The van der Waals surface area contributed by atoms with Crippen molar-refractivity contribution in [2.24, 2.45) is 5.92 Å². The van der Waals surface area contributed by atoms with Crippen molar-refractivity contribution in [1.29, 1.82) is 0 Å². The van der Waals surface area contributed by atoms with Crippen molar-refractivity contribution in [1.82, 2.24) is 19.4 Å². The fraction of sp³-hybridized carbons (Fsp3) is 0.605. The van der Waals surface area contributed by atoms with Gasteiger partial charge in [-0.1, -0.05) is 24.1 Å². The first kappa shape index (κ1) is 38.3. The van der Waals surface area contributed by atoms with Gasteiger partial charge in [-0.15, -0.1) is 0 Å². The van der Waals surface area contributed by atoms with Gasteiger partial charge in [0.2, 0.25) is 21.8 Å². The second kappa shape index (κ2) is 16.3. The van der Waals surface area contributed by atoms with Gasteiger partial charge in [-0.2, -0.15) is 4.31 Å². The SMILES string of the molecule is COc1cc(S(=O)(=O)N2CCCCC2)cc(C(=O)NC2CC3CCC(C2)N3CCCN(C(=O)C2CCN(C(C)=O)CC2)c2ccc(C)c(Cl)c2)c1O. The Hall–Kier alpha value is -3.39. The van der Waals surface area contributed by atoms with E-state index in [0.29, 0.717) is 50.6 Å². The Morgan fingerprint density at radius 1 is 0.981 bits per heavy atom. The molecular formula is C38H52ClN5O7S. The van der Waals surface area contributed by atoms with Crippen LogP contribution < -0.4 is 15.0 Å². The summed E-state index contributed by atoms with van der Waals surface area (Å²) in [7, 11) is -2.52. The number of piperidine rings is 3. The molecule has 2 bridgehead atoms. The molecule has 2 unspecified atom stereocenters. The van der Waals surface area contributed by atoms with E-state index in [1.54, 1.807) is 11.8 Å². The van der Waals surface area contributed by atoms with Crippen LogP contribution in [-0.2, 0) is 19.6 Å². The molecular weight excluding hydrogens is 706 g/mol. The Balaban J connectivity index is 1.09. The van der Waals surface area contributed by atoms with E-state index in [9.17, 15) is 27.9 Å². The molecule has 14 heteroatoms. The number of amides is 3. The number of fused-ring (bicyclic) bond motifs is 2. The van der Waals surface area contributed by atoms with Crippen LogP contribution in [0.1, 0.15) is 87.1 Å². The van der Waals surface area contributed by atoms with E-state index in [2.05, 4.69) is 10.2 Å². The van der Waals surface area contributed by atoms with Crippen LogP contribution in [0.5, 0.6) is 11.5 Å². The van der Waals surface area contributed by atoms with Crippen molar-refractivity contribution in [2.75, 3.05) is 51.3 Å². The summed E-state index contributed by atoms with van der Waals surface area (Å²) >= 11 is 6.51. The zero-order valence-electron chi connectivity index (χ0n) is 30.5. The van der Waals surface area contributed by atoms with Gasteiger partial charge < -0.3 is 25.0 Å². The number of aryl methyl sites for hydroxylation is 1. The number of halogens is 1. The quantitative estimate of drug-likeness (QED) is 0.329. The molecule has 6 rings (SSSR count). The number of aromatic hydroxyl groups is 1. The van der Waals surface area contributed by atoms with Gasteiger partial charge in [0.25, 0.3) is 5.91 Å². The van der Waals surface area contributed by atoms with E-state index in [1.165, 1.54) is 23.5 Å². The van der Waals surface area contributed by atoms with Gasteiger partial charge in [0.1, 0.15) is 0 Å². The molecule has 4 saturated heterocycles. The first-order chi connectivity index (χ1) is 24.9. The lowest BCUT2D eigenvalue weighted by molar-refractivity contribution is -0.133. The molecule has 0 radical (unpaired) electrons. The number of nitrogens with one attached hydrogen (secondary N) is 1. The fourth-order valence-corrected chi connectivity index (χ4v) is 10.3. The zero-order valence-corrected chi connectivity index (χ0v) is 32.1. The highest BCUT2D eigenvalue weighted by Gasteiger charge is 2.41. The number of hydrogen-bond donors (Lipinski definition) is 2. The average molecular weight is 758 g/mol. The molecule has 52 heavy (non-hydrogen) atoms. The van der Waals surface area contributed by atoms with Crippen molar-refractivity contribution in [3.05, 3.63) is 46.5 Å². The number of rotatable bonds is 11. The predicted octanol–water partition coefficient (Wildman–Crippen LogP) is 4.94. The number of likely N-dealkylation sites (tertiary alicyclic amines) is 1. The second-order valence-corrected chi connectivity index (χ2v) is 17.2. The van der Waals surface area contributed by atoms with Crippen LogP contribution in [0.15, 0.2) is 35.2 Å². The van der Waals surface area contributed by atoms with E-state index in [1.807, 2.05) is 30.0 Å². The van der Waals surface area contributed by atoms with Gasteiger partial charge in [0.05, 0.1) is 17.6 Å². The van der Waals surface area contributed by atoms with Crippen LogP contribution in [0.4, 0.5) is 5.69 Å². The normalized spacial score (nSPS) is 23.0. The molecule has 2 atom stereocenters. The summed E-state index contributed by atoms with van der Waals surface area (Å²) in [6.45, 7) is 6.86. The van der Waals surface area contributed by atoms with E-state index in [-0.39, 0.29) is 57.8 Å². The first-order valence-electron chi connectivity index (χ1n) is 18.7. The summed E-state index contributed by atoms with van der Waals surface area (Å²) in [5, 5.41) is 14.6. The van der Waals surface area contributed by atoms with Gasteiger partial charge in [-0.05, 0) is 88.5 Å². The number of phenolic OH excluding ortho intramolecular Hbond substituents is 1. The Labute approximate surface area is 312 Å². The molecule has 12 nitrogen and oxygen atoms in total. The molecule has 0 aliphatic carbocycles. The Kier molecular flexibility index (Phi) is 12.0. The van der Waals surface area contributed by atoms with E-state index in [0.717, 1.165) is 69.2 Å². The minimum Gasteiger partial charge on any atom is -0.504 e. The van der Waals surface area contributed by atoms with Crippen molar-refractivity contribution < 1.29 is 32.6 Å². The average Bonchev–Trinajstić information content (AvgIpc) is 3.37. The van der Waals surface area contributed by atoms with E-state index >= 15 is 0 Å². The van der Waals surface area contributed by atoms with Crippen LogP contribution in [0.3, 0.4) is 0 Å². The standard InChI is InChI=1S/C38H52ClN5O7S/c1-25-8-9-31(22-34(25)39)44(38(48)27-12-18-41(19-13-27)26(2)45)17-7-16-43-29-10-11-30(43)21-28(20-29)40-37(47)33-23-32(24-35(51-3)36(33)46)52(49,50)42-14-5-4-6-15-42/h8-9,22-24,27-30,46H,4-7,10-21H2,1-3H3,(H,40,47). The number of sulfonamides is 1. The summed E-state index contributed by atoms with van der Waals surface area (Å²) in [5.41, 5.74) is 1.62. The second-order valence-electron chi connectivity index (χ2n) is 14.8. The van der Waals surface area contributed by atoms with Crippen LogP contribution in [0.2, 0.25) is 5.02 Å². The maximum absolute atomic E-state index is 13.9. The third kappa shape index (κ3) is 8.22. The number of methoxy groups -OCH3 is 1.